The normalized spacial score (nSPS) is 11.3. The first-order valence-electron chi connectivity index (χ1n) is 5.79. The maximum atomic E-state index is 11.9. The third-order valence-electron chi connectivity index (χ3n) is 2.61. The Bertz CT molecular complexity index is 566. The second kappa shape index (κ2) is 5.40. The van der Waals surface area contributed by atoms with Gasteiger partial charge in [0.25, 0.3) is 0 Å². The molecule has 19 heavy (non-hydrogen) atoms. The van der Waals surface area contributed by atoms with Crippen molar-refractivity contribution in [3.63, 3.8) is 0 Å². The molecule has 100 valence electrons. The predicted octanol–water partition coefficient (Wildman–Crippen LogP) is 2.94. The highest BCUT2D eigenvalue weighted by molar-refractivity contribution is 6.20. The fourth-order valence-electron chi connectivity index (χ4n) is 1.30. The number of halogens is 1. The Morgan fingerprint density at radius 3 is 2.63 bits per heavy atom. The zero-order valence-corrected chi connectivity index (χ0v) is 11.4. The monoisotopic (exact) mass is 279 g/mol. The fraction of sp³-hybridized carbons (Fsp3) is 0.308. The number of benzene rings is 1. The van der Waals surface area contributed by atoms with Crippen molar-refractivity contribution in [2.24, 2.45) is 5.41 Å². The Kier molecular flexibility index (Phi) is 3.85. The molecule has 0 bridgehead atoms. The van der Waals surface area contributed by atoms with Crippen LogP contribution < -0.4 is 5.32 Å². The first-order chi connectivity index (χ1) is 9.03. The van der Waals surface area contributed by atoms with Crippen LogP contribution in [0, 0.1) is 5.41 Å². The third-order valence-corrected chi connectivity index (χ3v) is 3.28. The fourth-order valence-corrected chi connectivity index (χ4v) is 1.42. The Hall–Kier alpha value is -1.88. The van der Waals surface area contributed by atoms with Crippen LogP contribution in [-0.2, 0) is 4.79 Å². The van der Waals surface area contributed by atoms with E-state index in [4.69, 9.17) is 16.0 Å². The quantitative estimate of drug-likeness (QED) is 0.874. The number of carbonyl (C=O) groups is 1. The molecule has 6 heteroatoms. The van der Waals surface area contributed by atoms with E-state index in [0.717, 1.165) is 5.56 Å². The molecule has 0 aliphatic carbocycles. The van der Waals surface area contributed by atoms with Crippen molar-refractivity contribution in [1.29, 1.82) is 0 Å². The topological polar surface area (TPSA) is 68.0 Å². The van der Waals surface area contributed by atoms with Crippen LogP contribution in [0.2, 0.25) is 0 Å². The Morgan fingerprint density at radius 2 is 2.00 bits per heavy atom. The second-order valence-electron chi connectivity index (χ2n) is 4.75. The number of aromatic nitrogens is 2. The molecule has 0 unspecified atom stereocenters. The van der Waals surface area contributed by atoms with Gasteiger partial charge < -0.3 is 4.42 Å². The molecule has 0 saturated heterocycles. The van der Waals surface area contributed by atoms with Crippen LogP contribution in [0.1, 0.15) is 13.8 Å². The number of hydrogen-bond donors (Lipinski definition) is 1. The molecule has 0 aliphatic rings. The van der Waals surface area contributed by atoms with E-state index in [2.05, 4.69) is 15.5 Å². The standard InChI is InChI=1S/C13H14ClN3O2/c1-13(2,8-14)11(18)15-12-17-16-10(19-12)9-6-4-3-5-7-9/h3-7H,8H2,1-2H3,(H,15,17,18). The molecule has 1 aromatic carbocycles. The van der Waals surface area contributed by atoms with Crippen molar-refractivity contribution < 1.29 is 9.21 Å². The second-order valence-corrected chi connectivity index (χ2v) is 5.02. The van der Waals surface area contributed by atoms with Crippen molar-refractivity contribution in [2.75, 3.05) is 11.2 Å². The zero-order valence-electron chi connectivity index (χ0n) is 10.7. The van der Waals surface area contributed by atoms with E-state index < -0.39 is 5.41 Å². The molecule has 2 aromatic rings. The lowest BCUT2D eigenvalue weighted by Crippen LogP contribution is -2.32. The first kappa shape index (κ1) is 13.5. The summed E-state index contributed by atoms with van der Waals surface area (Å²) in [6.07, 6.45) is 0. The van der Waals surface area contributed by atoms with E-state index in [1.165, 1.54) is 0 Å². The van der Waals surface area contributed by atoms with Crippen LogP contribution in [0.5, 0.6) is 0 Å². The van der Waals surface area contributed by atoms with E-state index in [1.807, 2.05) is 30.3 Å². The van der Waals surface area contributed by atoms with Crippen LogP contribution in [0.25, 0.3) is 11.5 Å². The summed E-state index contributed by atoms with van der Waals surface area (Å²) in [6, 6.07) is 9.40. The van der Waals surface area contributed by atoms with Crippen molar-refractivity contribution in [2.45, 2.75) is 13.8 Å². The number of nitrogens with zero attached hydrogens (tertiary/aromatic N) is 2. The lowest BCUT2D eigenvalue weighted by atomic mass is 9.95. The third kappa shape index (κ3) is 3.12. The van der Waals surface area contributed by atoms with Gasteiger partial charge in [0.1, 0.15) is 0 Å². The van der Waals surface area contributed by atoms with Gasteiger partial charge in [-0.2, -0.15) is 0 Å². The summed E-state index contributed by atoms with van der Waals surface area (Å²) in [7, 11) is 0. The van der Waals surface area contributed by atoms with Crippen molar-refractivity contribution >= 4 is 23.5 Å². The summed E-state index contributed by atoms with van der Waals surface area (Å²) in [4.78, 5) is 11.9. The van der Waals surface area contributed by atoms with Gasteiger partial charge in [-0.3, -0.25) is 10.1 Å². The summed E-state index contributed by atoms with van der Waals surface area (Å²) in [6.45, 7) is 3.48. The molecule has 1 amide bonds. The van der Waals surface area contributed by atoms with E-state index in [-0.39, 0.29) is 17.8 Å². The smallest absolute Gasteiger partial charge is 0.322 e. The number of amides is 1. The minimum Gasteiger partial charge on any atom is -0.403 e. The average Bonchev–Trinajstić information content (AvgIpc) is 2.88. The Labute approximate surface area is 116 Å². The predicted molar refractivity (Wildman–Crippen MR) is 72.9 cm³/mol. The minimum atomic E-state index is -0.692. The molecular formula is C13H14ClN3O2. The van der Waals surface area contributed by atoms with Gasteiger partial charge in [0, 0.05) is 11.4 Å². The molecule has 1 N–H and O–H groups in total. The van der Waals surface area contributed by atoms with E-state index in [1.54, 1.807) is 13.8 Å². The summed E-state index contributed by atoms with van der Waals surface area (Å²) < 4.78 is 5.38. The van der Waals surface area contributed by atoms with E-state index in [0.29, 0.717) is 5.89 Å². The van der Waals surface area contributed by atoms with Crippen molar-refractivity contribution in [3.8, 4) is 11.5 Å². The van der Waals surface area contributed by atoms with Gasteiger partial charge in [-0.05, 0) is 26.0 Å². The molecule has 0 radical (unpaired) electrons. The van der Waals surface area contributed by atoms with Crippen molar-refractivity contribution in [1.82, 2.24) is 10.2 Å². The highest BCUT2D eigenvalue weighted by Crippen LogP contribution is 2.22. The molecule has 0 fully saturated rings. The summed E-state index contributed by atoms with van der Waals surface area (Å²) in [5.74, 6) is 0.309. The Balaban J connectivity index is 2.13. The maximum absolute atomic E-state index is 11.9. The number of nitrogens with one attached hydrogen (secondary N) is 1. The van der Waals surface area contributed by atoms with Crippen LogP contribution in [0.3, 0.4) is 0 Å². The summed E-state index contributed by atoms with van der Waals surface area (Å²) in [5.41, 5.74) is 0.107. The van der Waals surface area contributed by atoms with Gasteiger partial charge in [0.2, 0.25) is 11.8 Å². The van der Waals surface area contributed by atoms with Gasteiger partial charge in [-0.15, -0.1) is 16.7 Å². The summed E-state index contributed by atoms with van der Waals surface area (Å²) >= 11 is 5.73. The molecule has 0 saturated carbocycles. The molecule has 0 aliphatic heterocycles. The number of alkyl halides is 1. The maximum Gasteiger partial charge on any atom is 0.322 e. The van der Waals surface area contributed by atoms with Crippen LogP contribution in [-0.4, -0.2) is 22.0 Å². The lowest BCUT2D eigenvalue weighted by molar-refractivity contribution is -0.123. The van der Waals surface area contributed by atoms with E-state index in [9.17, 15) is 4.79 Å². The van der Waals surface area contributed by atoms with Gasteiger partial charge in [-0.1, -0.05) is 23.3 Å². The average molecular weight is 280 g/mol. The van der Waals surface area contributed by atoms with E-state index >= 15 is 0 Å². The highest BCUT2D eigenvalue weighted by atomic mass is 35.5. The van der Waals surface area contributed by atoms with Crippen LogP contribution in [0.4, 0.5) is 6.01 Å². The Morgan fingerprint density at radius 1 is 1.32 bits per heavy atom. The molecule has 0 atom stereocenters. The number of anilines is 1. The number of hydrogen-bond acceptors (Lipinski definition) is 4. The van der Waals surface area contributed by atoms with Crippen LogP contribution in [0.15, 0.2) is 34.7 Å². The number of rotatable bonds is 4. The highest BCUT2D eigenvalue weighted by Gasteiger charge is 2.27. The summed E-state index contributed by atoms with van der Waals surface area (Å²) in [5, 5.41) is 10.2. The molecule has 5 nitrogen and oxygen atoms in total. The molecule has 1 heterocycles. The van der Waals surface area contributed by atoms with Crippen molar-refractivity contribution in [3.05, 3.63) is 30.3 Å². The minimum absolute atomic E-state index is 0.0713. The largest absolute Gasteiger partial charge is 0.403 e. The first-order valence-corrected chi connectivity index (χ1v) is 6.33. The van der Waals surface area contributed by atoms with Gasteiger partial charge in [0.05, 0.1) is 5.41 Å². The van der Waals surface area contributed by atoms with Crippen LogP contribution >= 0.6 is 11.6 Å². The SMILES string of the molecule is CC(C)(CCl)C(=O)Nc1nnc(-c2ccccc2)o1. The van der Waals surface area contributed by atoms with Gasteiger partial charge >= 0.3 is 6.01 Å². The lowest BCUT2D eigenvalue weighted by Gasteiger charge is -2.18. The molecule has 0 spiro atoms. The van der Waals surface area contributed by atoms with Gasteiger partial charge in [0.15, 0.2) is 0 Å². The molecule has 1 aromatic heterocycles. The van der Waals surface area contributed by atoms with Gasteiger partial charge in [-0.25, -0.2) is 0 Å². The number of carbonyl (C=O) groups excluding carboxylic acids is 1. The molecular weight excluding hydrogens is 266 g/mol. The molecule has 2 rings (SSSR count). The zero-order chi connectivity index (χ0) is 13.9.